The zero-order valence-electron chi connectivity index (χ0n) is 11.2. The van der Waals surface area contributed by atoms with Crippen molar-refractivity contribution in [3.05, 3.63) is 63.4 Å². The highest BCUT2D eigenvalue weighted by Crippen LogP contribution is 2.26. The molecule has 3 N–H and O–H groups in total. The van der Waals surface area contributed by atoms with Crippen LogP contribution in [0.25, 0.3) is 0 Å². The smallest absolute Gasteiger partial charge is 0.0675 e. The topological polar surface area (TPSA) is 50.9 Å². The van der Waals surface area contributed by atoms with Gasteiger partial charge in [-0.2, -0.15) is 0 Å². The quantitative estimate of drug-likeness (QED) is 0.654. The molecule has 0 aliphatic heterocycles. The van der Waals surface area contributed by atoms with E-state index in [0.29, 0.717) is 16.5 Å². The third kappa shape index (κ3) is 3.49. The van der Waals surface area contributed by atoms with Crippen molar-refractivity contribution in [2.24, 2.45) is 5.84 Å². The number of benzene rings is 1. The summed E-state index contributed by atoms with van der Waals surface area (Å²) in [5, 5.41) is 1.27. The van der Waals surface area contributed by atoms with Crippen molar-refractivity contribution in [1.82, 2.24) is 10.4 Å². The molecule has 0 amide bonds. The van der Waals surface area contributed by atoms with E-state index in [4.69, 9.17) is 29.0 Å². The van der Waals surface area contributed by atoms with Gasteiger partial charge in [0.2, 0.25) is 0 Å². The Hall–Kier alpha value is -1.13. The molecule has 5 heteroatoms. The Bertz CT molecular complexity index is 587. The first-order valence-corrected chi connectivity index (χ1v) is 7.25. The summed E-state index contributed by atoms with van der Waals surface area (Å²) in [6.45, 7) is 2.10. The van der Waals surface area contributed by atoms with Gasteiger partial charge in [0.1, 0.15) is 0 Å². The second-order valence-corrected chi connectivity index (χ2v) is 5.40. The molecule has 2 rings (SSSR count). The summed E-state index contributed by atoms with van der Waals surface area (Å²) < 4.78 is 0. The van der Waals surface area contributed by atoms with Gasteiger partial charge in [-0.05, 0) is 42.2 Å². The minimum absolute atomic E-state index is 0.0789. The molecular formula is C15H17Cl2N3. The van der Waals surface area contributed by atoms with E-state index in [-0.39, 0.29) is 6.04 Å². The van der Waals surface area contributed by atoms with E-state index in [1.165, 1.54) is 5.56 Å². The monoisotopic (exact) mass is 309 g/mol. The van der Waals surface area contributed by atoms with Gasteiger partial charge in [0, 0.05) is 16.2 Å². The van der Waals surface area contributed by atoms with E-state index < -0.39 is 0 Å². The molecule has 1 heterocycles. The summed E-state index contributed by atoms with van der Waals surface area (Å²) in [6.07, 6.45) is 3.36. The molecule has 1 unspecified atom stereocenters. The van der Waals surface area contributed by atoms with Crippen molar-refractivity contribution in [2.75, 3.05) is 0 Å². The van der Waals surface area contributed by atoms with Gasteiger partial charge in [0.05, 0.1) is 11.7 Å². The van der Waals surface area contributed by atoms with Crippen molar-refractivity contribution in [3.8, 4) is 0 Å². The molecule has 0 fully saturated rings. The normalized spacial score (nSPS) is 12.4. The molecular weight excluding hydrogens is 293 g/mol. The lowest BCUT2D eigenvalue weighted by molar-refractivity contribution is 0.533. The number of nitrogens with zero attached hydrogens (tertiary/aromatic N) is 1. The molecule has 1 aromatic heterocycles. The number of aryl methyl sites for hydroxylation is 1. The van der Waals surface area contributed by atoms with E-state index >= 15 is 0 Å². The largest absolute Gasteiger partial charge is 0.271 e. The van der Waals surface area contributed by atoms with Gasteiger partial charge < -0.3 is 0 Å². The van der Waals surface area contributed by atoms with Gasteiger partial charge in [-0.15, -0.1) is 0 Å². The average molecular weight is 310 g/mol. The summed E-state index contributed by atoms with van der Waals surface area (Å²) in [5.74, 6) is 5.70. The lowest BCUT2D eigenvalue weighted by atomic mass is 9.99. The van der Waals surface area contributed by atoms with Crippen molar-refractivity contribution < 1.29 is 0 Å². The Morgan fingerprint density at radius 1 is 1.25 bits per heavy atom. The molecule has 0 radical (unpaired) electrons. The molecule has 106 valence electrons. The fourth-order valence-corrected chi connectivity index (χ4v) is 2.69. The maximum absolute atomic E-state index is 6.22. The van der Waals surface area contributed by atoms with Gasteiger partial charge in [0.15, 0.2) is 0 Å². The van der Waals surface area contributed by atoms with Gasteiger partial charge in [-0.1, -0.05) is 42.3 Å². The summed E-state index contributed by atoms with van der Waals surface area (Å²) in [5.41, 5.74) is 5.96. The number of aromatic nitrogens is 1. The fourth-order valence-electron chi connectivity index (χ4n) is 2.21. The standard InChI is InChI=1S/C15H17Cl2N3/c1-2-10-4-3-7-19-15(10)14(20-18)8-11-5-6-12(16)9-13(11)17/h3-7,9,14,20H,2,8,18H2,1H3. The Kier molecular flexibility index (Phi) is 5.38. The Balaban J connectivity index is 2.29. The molecule has 20 heavy (non-hydrogen) atoms. The highest BCUT2D eigenvalue weighted by atomic mass is 35.5. The predicted octanol–water partition coefficient (Wildman–Crippen LogP) is 3.70. The molecule has 0 spiro atoms. The molecule has 0 aliphatic carbocycles. The van der Waals surface area contributed by atoms with Crippen LogP contribution in [0.4, 0.5) is 0 Å². The number of hydrazine groups is 1. The highest BCUT2D eigenvalue weighted by molar-refractivity contribution is 6.35. The van der Waals surface area contributed by atoms with Crippen molar-refractivity contribution in [2.45, 2.75) is 25.8 Å². The number of hydrogen-bond acceptors (Lipinski definition) is 3. The minimum atomic E-state index is -0.0789. The van der Waals surface area contributed by atoms with E-state index in [9.17, 15) is 0 Å². The second kappa shape index (κ2) is 7.04. The van der Waals surface area contributed by atoms with Crippen LogP contribution < -0.4 is 11.3 Å². The van der Waals surface area contributed by atoms with Crippen molar-refractivity contribution in [3.63, 3.8) is 0 Å². The Morgan fingerprint density at radius 2 is 2.05 bits per heavy atom. The number of pyridine rings is 1. The second-order valence-electron chi connectivity index (χ2n) is 4.56. The van der Waals surface area contributed by atoms with Gasteiger partial charge in [-0.3, -0.25) is 16.3 Å². The van der Waals surface area contributed by atoms with Crippen LogP contribution in [-0.4, -0.2) is 4.98 Å². The van der Waals surface area contributed by atoms with Crippen LogP contribution in [-0.2, 0) is 12.8 Å². The number of rotatable bonds is 5. The van der Waals surface area contributed by atoms with Crippen molar-refractivity contribution in [1.29, 1.82) is 0 Å². The maximum Gasteiger partial charge on any atom is 0.0675 e. The number of nitrogens with two attached hydrogens (primary N) is 1. The molecule has 0 saturated heterocycles. The molecule has 0 saturated carbocycles. The zero-order valence-corrected chi connectivity index (χ0v) is 12.7. The van der Waals surface area contributed by atoms with Crippen LogP contribution in [0.3, 0.4) is 0 Å². The van der Waals surface area contributed by atoms with E-state index in [1.807, 2.05) is 18.2 Å². The average Bonchev–Trinajstić information content (AvgIpc) is 2.46. The van der Waals surface area contributed by atoms with Crippen LogP contribution >= 0.6 is 23.2 Å². The van der Waals surface area contributed by atoms with Crippen LogP contribution in [0, 0.1) is 0 Å². The number of nitrogens with one attached hydrogen (secondary N) is 1. The molecule has 3 nitrogen and oxygen atoms in total. The zero-order chi connectivity index (χ0) is 14.5. The number of halogens is 2. The first-order valence-electron chi connectivity index (χ1n) is 6.49. The van der Waals surface area contributed by atoms with Crippen LogP contribution in [0.1, 0.15) is 29.8 Å². The van der Waals surface area contributed by atoms with Crippen LogP contribution in [0.5, 0.6) is 0 Å². The summed E-state index contributed by atoms with van der Waals surface area (Å²) >= 11 is 12.1. The van der Waals surface area contributed by atoms with E-state index in [2.05, 4.69) is 23.4 Å². The summed E-state index contributed by atoms with van der Waals surface area (Å²) in [4.78, 5) is 4.45. The van der Waals surface area contributed by atoms with Gasteiger partial charge in [-0.25, -0.2) is 0 Å². The fraction of sp³-hybridized carbons (Fsp3) is 0.267. The van der Waals surface area contributed by atoms with Crippen LogP contribution in [0.15, 0.2) is 36.5 Å². The van der Waals surface area contributed by atoms with Crippen molar-refractivity contribution >= 4 is 23.2 Å². The molecule has 2 aromatic rings. The lowest BCUT2D eigenvalue weighted by Gasteiger charge is -2.19. The van der Waals surface area contributed by atoms with Gasteiger partial charge in [0.25, 0.3) is 0 Å². The molecule has 1 aromatic carbocycles. The molecule has 1 atom stereocenters. The summed E-state index contributed by atoms with van der Waals surface area (Å²) in [6, 6.07) is 9.41. The summed E-state index contributed by atoms with van der Waals surface area (Å²) in [7, 11) is 0. The SMILES string of the molecule is CCc1cccnc1C(Cc1ccc(Cl)cc1Cl)NN. The third-order valence-electron chi connectivity index (χ3n) is 3.28. The van der Waals surface area contributed by atoms with Gasteiger partial charge >= 0.3 is 0 Å². The predicted molar refractivity (Wildman–Crippen MR) is 83.8 cm³/mol. The number of hydrogen-bond donors (Lipinski definition) is 2. The third-order valence-corrected chi connectivity index (χ3v) is 3.86. The highest BCUT2D eigenvalue weighted by Gasteiger charge is 2.16. The lowest BCUT2D eigenvalue weighted by Crippen LogP contribution is -2.31. The first-order chi connectivity index (χ1) is 9.65. The minimum Gasteiger partial charge on any atom is -0.271 e. The molecule has 0 bridgehead atoms. The first kappa shape index (κ1) is 15.3. The van der Waals surface area contributed by atoms with E-state index in [1.54, 1.807) is 12.3 Å². The van der Waals surface area contributed by atoms with Crippen LogP contribution in [0.2, 0.25) is 10.0 Å². The molecule has 0 aliphatic rings. The van der Waals surface area contributed by atoms with E-state index in [0.717, 1.165) is 17.7 Å². The Labute approximate surface area is 129 Å². The Morgan fingerprint density at radius 3 is 2.70 bits per heavy atom. The maximum atomic E-state index is 6.22.